The van der Waals surface area contributed by atoms with Gasteiger partial charge in [0, 0.05) is 35.8 Å². The molecule has 0 bridgehead atoms. The molecular formula is C17H20N2O. The van der Waals surface area contributed by atoms with Crippen LogP contribution in [-0.4, -0.2) is 9.97 Å². The summed E-state index contributed by atoms with van der Waals surface area (Å²) < 4.78 is 5.94. The van der Waals surface area contributed by atoms with Gasteiger partial charge < -0.3 is 4.42 Å². The van der Waals surface area contributed by atoms with Gasteiger partial charge in [0.2, 0.25) is 0 Å². The van der Waals surface area contributed by atoms with Gasteiger partial charge in [0.25, 0.3) is 0 Å². The van der Waals surface area contributed by atoms with Crippen LogP contribution < -0.4 is 0 Å². The molecular weight excluding hydrogens is 248 g/mol. The fourth-order valence-corrected chi connectivity index (χ4v) is 2.06. The number of aromatic nitrogens is 2. The van der Waals surface area contributed by atoms with Crippen LogP contribution >= 0.6 is 0 Å². The van der Waals surface area contributed by atoms with Crippen LogP contribution in [0.3, 0.4) is 0 Å². The van der Waals surface area contributed by atoms with Gasteiger partial charge in [-0.05, 0) is 24.1 Å². The number of pyridine rings is 2. The molecule has 3 aromatic heterocycles. The van der Waals surface area contributed by atoms with Crippen molar-refractivity contribution in [2.24, 2.45) is 0 Å². The number of furan rings is 1. The highest BCUT2D eigenvalue weighted by Crippen LogP contribution is 2.30. The molecule has 0 aromatic carbocycles. The number of hydrogen-bond donors (Lipinski definition) is 0. The average Bonchev–Trinajstić information content (AvgIpc) is 2.94. The molecule has 3 rings (SSSR count). The Morgan fingerprint density at radius 3 is 2.55 bits per heavy atom. The van der Waals surface area contributed by atoms with Crippen molar-refractivity contribution in [3.05, 3.63) is 48.4 Å². The van der Waals surface area contributed by atoms with Crippen molar-refractivity contribution in [1.29, 1.82) is 0 Å². The van der Waals surface area contributed by atoms with E-state index < -0.39 is 0 Å². The zero-order valence-electron chi connectivity index (χ0n) is 12.4. The molecule has 0 amide bonds. The Labute approximate surface area is 119 Å². The van der Waals surface area contributed by atoms with Crippen molar-refractivity contribution < 1.29 is 4.42 Å². The van der Waals surface area contributed by atoms with Crippen LogP contribution in [0.1, 0.15) is 39.2 Å². The molecule has 3 heteroatoms. The van der Waals surface area contributed by atoms with Crippen molar-refractivity contribution in [2.75, 3.05) is 0 Å². The molecule has 3 aromatic rings. The smallest absolute Gasteiger partial charge is 0.156 e. The predicted molar refractivity (Wildman–Crippen MR) is 82.7 cm³/mol. The quantitative estimate of drug-likeness (QED) is 0.653. The van der Waals surface area contributed by atoms with Crippen molar-refractivity contribution >= 4 is 11.1 Å². The second-order valence-electron chi connectivity index (χ2n) is 4.62. The second kappa shape index (κ2) is 6.33. The first kappa shape index (κ1) is 14.3. The van der Waals surface area contributed by atoms with Crippen LogP contribution in [0.15, 0.2) is 47.3 Å². The van der Waals surface area contributed by atoms with Gasteiger partial charge in [0.05, 0.1) is 0 Å². The molecule has 0 radical (unpaired) electrons. The predicted octanol–water partition coefficient (Wildman–Crippen LogP) is 5.04. The van der Waals surface area contributed by atoms with Gasteiger partial charge in [-0.1, -0.05) is 27.7 Å². The maximum atomic E-state index is 5.94. The molecule has 20 heavy (non-hydrogen) atoms. The van der Waals surface area contributed by atoms with Gasteiger partial charge >= 0.3 is 0 Å². The third kappa shape index (κ3) is 2.72. The third-order valence-electron chi connectivity index (χ3n) is 3.01. The monoisotopic (exact) mass is 268 g/mol. The summed E-state index contributed by atoms with van der Waals surface area (Å²) in [5, 5.41) is 0. The lowest BCUT2D eigenvalue weighted by Crippen LogP contribution is -1.88. The van der Waals surface area contributed by atoms with E-state index in [1.54, 1.807) is 12.4 Å². The highest BCUT2D eigenvalue weighted by Gasteiger charge is 2.12. The van der Waals surface area contributed by atoms with Gasteiger partial charge in [0.1, 0.15) is 11.3 Å². The molecule has 3 nitrogen and oxygen atoms in total. The molecule has 104 valence electrons. The SMILES string of the molecule is CC.CC(C)c1ccnc2cc(-c3cccnc3)oc12. The van der Waals surface area contributed by atoms with Crippen molar-refractivity contribution in [3.8, 4) is 11.3 Å². The van der Waals surface area contributed by atoms with E-state index in [0.29, 0.717) is 5.92 Å². The van der Waals surface area contributed by atoms with E-state index in [9.17, 15) is 0 Å². The lowest BCUT2D eigenvalue weighted by Gasteiger charge is -2.04. The number of rotatable bonds is 2. The average molecular weight is 268 g/mol. The van der Waals surface area contributed by atoms with E-state index in [2.05, 4.69) is 23.8 Å². The summed E-state index contributed by atoms with van der Waals surface area (Å²) >= 11 is 0. The molecule has 0 saturated carbocycles. The Morgan fingerprint density at radius 2 is 1.90 bits per heavy atom. The molecule has 3 heterocycles. The fraction of sp³-hybridized carbons (Fsp3) is 0.294. The van der Waals surface area contributed by atoms with Crippen LogP contribution in [0.4, 0.5) is 0 Å². The topological polar surface area (TPSA) is 38.9 Å². The zero-order chi connectivity index (χ0) is 14.5. The van der Waals surface area contributed by atoms with Crippen molar-refractivity contribution in [1.82, 2.24) is 9.97 Å². The maximum Gasteiger partial charge on any atom is 0.156 e. The first-order valence-electron chi connectivity index (χ1n) is 7.04. The Hall–Kier alpha value is -2.16. The van der Waals surface area contributed by atoms with Crippen LogP contribution in [0.25, 0.3) is 22.4 Å². The Morgan fingerprint density at radius 1 is 1.10 bits per heavy atom. The highest BCUT2D eigenvalue weighted by molar-refractivity contribution is 5.81. The standard InChI is InChI=1S/C15H14N2O.C2H6/c1-10(2)12-5-7-17-13-8-14(18-15(12)13)11-4-3-6-16-9-11;1-2/h3-10H,1-2H3;1-2H3. The zero-order valence-corrected chi connectivity index (χ0v) is 12.4. The largest absolute Gasteiger partial charge is 0.454 e. The molecule has 0 atom stereocenters. The molecule has 0 unspecified atom stereocenters. The van der Waals surface area contributed by atoms with Crippen LogP contribution in [0.2, 0.25) is 0 Å². The fourth-order valence-electron chi connectivity index (χ4n) is 2.06. The van der Waals surface area contributed by atoms with Gasteiger partial charge in [-0.15, -0.1) is 0 Å². The third-order valence-corrected chi connectivity index (χ3v) is 3.01. The highest BCUT2D eigenvalue weighted by atomic mass is 16.3. The maximum absolute atomic E-state index is 5.94. The molecule has 0 spiro atoms. The summed E-state index contributed by atoms with van der Waals surface area (Å²) in [7, 11) is 0. The van der Waals surface area contributed by atoms with Crippen molar-refractivity contribution in [3.63, 3.8) is 0 Å². The van der Waals surface area contributed by atoms with Crippen LogP contribution in [0, 0.1) is 0 Å². The minimum absolute atomic E-state index is 0.420. The number of nitrogens with zero attached hydrogens (tertiary/aromatic N) is 2. The van der Waals surface area contributed by atoms with E-state index in [1.807, 2.05) is 44.3 Å². The molecule has 0 N–H and O–H groups in total. The Balaban J connectivity index is 0.000000704. The second-order valence-corrected chi connectivity index (χ2v) is 4.62. The summed E-state index contributed by atoms with van der Waals surface area (Å²) in [6.07, 6.45) is 5.39. The van der Waals surface area contributed by atoms with E-state index in [0.717, 1.165) is 22.4 Å². The van der Waals surface area contributed by atoms with Crippen LogP contribution in [-0.2, 0) is 0 Å². The Bertz CT molecular complexity index is 672. The Kier molecular flexibility index (Phi) is 4.51. The summed E-state index contributed by atoms with van der Waals surface area (Å²) in [5.41, 5.74) is 3.95. The lowest BCUT2D eigenvalue weighted by molar-refractivity contribution is 0.621. The summed E-state index contributed by atoms with van der Waals surface area (Å²) in [6.45, 7) is 8.31. The first-order chi connectivity index (χ1) is 9.75. The van der Waals surface area contributed by atoms with Crippen LogP contribution in [0.5, 0.6) is 0 Å². The molecule has 0 aliphatic rings. The van der Waals surface area contributed by atoms with Crippen molar-refractivity contribution in [2.45, 2.75) is 33.6 Å². The first-order valence-corrected chi connectivity index (χ1v) is 7.04. The van der Waals surface area contributed by atoms with Gasteiger partial charge in [-0.2, -0.15) is 0 Å². The molecule has 0 fully saturated rings. The van der Waals surface area contributed by atoms with E-state index in [4.69, 9.17) is 4.42 Å². The molecule has 0 saturated heterocycles. The van der Waals surface area contributed by atoms with E-state index in [-0.39, 0.29) is 0 Å². The number of hydrogen-bond acceptors (Lipinski definition) is 3. The number of fused-ring (bicyclic) bond motifs is 1. The van der Waals surface area contributed by atoms with Gasteiger partial charge in [-0.25, -0.2) is 0 Å². The minimum Gasteiger partial charge on any atom is -0.454 e. The molecule has 0 aliphatic heterocycles. The van der Waals surface area contributed by atoms with E-state index >= 15 is 0 Å². The summed E-state index contributed by atoms with van der Waals surface area (Å²) in [4.78, 5) is 8.46. The van der Waals surface area contributed by atoms with Gasteiger partial charge in [0.15, 0.2) is 5.58 Å². The lowest BCUT2D eigenvalue weighted by atomic mass is 10.0. The normalized spacial score (nSPS) is 10.4. The molecule has 0 aliphatic carbocycles. The summed E-state index contributed by atoms with van der Waals surface area (Å²) in [5.74, 6) is 1.24. The van der Waals surface area contributed by atoms with Gasteiger partial charge in [-0.3, -0.25) is 9.97 Å². The van der Waals surface area contributed by atoms with E-state index in [1.165, 1.54) is 5.56 Å². The minimum atomic E-state index is 0.420. The summed E-state index contributed by atoms with van der Waals surface area (Å²) in [6, 6.07) is 7.88.